The van der Waals surface area contributed by atoms with Crippen LogP contribution in [-0.2, 0) is 4.79 Å². The highest BCUT2D eigenvalue weighted by atomic mass is 16.4. The molecule has 17 heavy (non-hydrogen) atoms. The number of carboxylic acids is 1. The van der Waals surface area contributed by atoms with E-state index in [2.05, 4.69) is 17.6 Å². The Bertz CT molecular complexity index is 236. The zero-order valence-corrected chi connectivity index (χ0v) is 11.1. The minimum Gasteiger partial charge on any atom is -0.480 e. The maximum atomic E-state index is 11.5. The second-order valence-corrected chi connectivity index (χ2v) is 5.12. The van der Waals surface area contributed by atoms with Crippen LogP contribution in [0.3, 0.4) is 0 Å². The fraction of sp³-hybridized carbons (Fsp3) is 0.923. The van der Waals surface area contributed by atoms with Gasteiger partial charge in [-0.15, -0.1) is 0 Å². The Labute approximate surface area is 104 Å². The summed E-state index contributed by atoms with van der Waals surface area (Å²) in [6.07, 6.45) is 5.79. The summed E-state index contributed by atoms with van der Waals surface area (Å²) in [5.74, 6) is 0.0538. The third-order valence-electron chi connectivity index (χ3n) is 4.01. The van der Waals surface area contributed by atoms with E-state index >= 15 is 0 Å². The van der Waals surface area contributed by atoms with Gasteiger partial charge in [-0.2, -0.15) is 0 Å². The van der Waals surface area contributed by atoms with Gasteiger partial charge in [-0.25, -0.2) is 0 Å². The van der Waals surface area contributed by atoms with Gasteiger partial charge in [0, 0.05) is 0 Å². The molecule has 0 aromatic rings. The Morgan fingerprint density at radius 2 is 2.00 bits per heavy atom. The van der Waals surface area contributed by atoms with Crippen molar-refractivity contribution in [2.24, 2.45) is 5.92 Å². The normalized spacial score (nSPS) is 29.2. The number of nitrogens with one attached hydrogen (secondary N) is 2. The topological polar surface area (TPSA) is 61.4 Å². The predicted molar refractivity (Wildman–Crippen MR) is 69.2 cm³/mol. The molecule has 0 atom stereocenters. The molecule has 1 saturated carbocycles. The molecule has 0 aromatic carbocycles. The van der Waals surface area contributed by atoms with E-state index in [0.717, 1.165) is 51.1 Å². The van der Waals surface area contributed by atoms with E-state index in [0.29, 0.717) is 0 Å². The van der Waals surface area contributed by atoms with Crippen molar-refractivity contribution in [2.45, 2.75) is 51.0 Å². The Morgan fingerprint density at radius 1 is 1.35 bits per heavy atom. The molecule has 0 saturated heterocycles. The molecular formula is C13H26N2O2. The molecule has 100 valence electrons. The molecule has 0 radical (unpaired) electrons. The van der Waals surface area contributed by atoms with Gasteiger partial charge in [-0.1, -0.05) is 13.3 Å². The lowest BCUT2D eigenvalue weighted by Crippen LogP contribution is -2.54. The highest BCUT2D eigenvalue weighted by Gasteiger charge is 2.40. The van der Waals surface area contributed by atoms with Crippen LogP contribution in [0.4, 0.5) is 0 Å². The number of carboxylic acid groups (broad SMARTS) is 1. The van der Waals surface area contributed by atoms with Crippen molar-refractivity contribution in [2.75, 3.05) is 20.1 Å². The molecule has 4 nitrogen and oxygen atoms in total. The first kappa shape index (κ1) is 14.5. The van der Waals surface area contributed by atoms with E-state index in [4.69, 9.17) is 0 Å². The monoisotopic (exact) mass is 242 g/mol. The van der Waals surface area contributed by atoms with Crippen LogP contribution in [0.1, 0.15) is 45.4 Å². The Morgan fingerprint density at radius 3 is 2.47 bits per heavy atom. The summed E-state index contributed by atoms with van der Waals surface area (Å²) in [7, 11) is 1.92. The number of hydrogen-bond donors (Lipinski definition) is 3. The fourth-order valence-electron chi connectivity index (χ4n) is 2.64. The molecule has 1 aliphatic rings. The van der Waals surface area contributed by atoms with Crippen molar-refractivity contribution in [1.29, 1.82) is 0 Å². The lowest BCUT2D eigenvalue weighted by atomic mass is 9.75. The minimum absolute atomic E-state index is 0.653. The van der Waals surface area contributed by atoms with Crippen LogP contribution in [0, 0.1) is 5.92 Å². The minimum atomic E-state index is -0.670. The maximum Gasteiger partial charge on any atom is 0.323 e. The highest BCUT2D eigenvalue weighted by Crippen LogP contribution is 2.33. The van der Waals surface area contributed by atoms with Gasteiger partial charge in [0.25, 0.3) is 0 Å². The summed E-state index contributed by atoms with van der Waals surface area (Å²) in [5, 5.41) is 15.8. The summed E-state index contributed by atoms with van der Waals surface area (Å²) in [6.45, 7) is 3.91. The third kappa shape index (κ3) is 3.96. The molecule has 1 fully saturated rings. The van der Waals surface area contributed by atoms with Gasteiger partial charge in [0.1, 0.15) is 5.54 Å². The number of hydrogen-bond acceptors (Lipinski definition) is 3. The summed E-state index contributed by atoms with van der Waals surface area (Å²) >= 11 is 0. The van der Waals surface area contributed by atoms with E-state index in [1.165, 1.54) is 6.42 Å². The lowest BCUT2D eigenvalue weighted by molar-refractivity contribution is -0.146. The first-order chi connectivity index (χ1) is 8.14. The van der Waals surface area contributed by atoms with Crippen LogP contribution >= 0.6 is 0 Å². The van der Waals surface area contributed by atoms with Gasteiger partial charge in [0.15, 0.2) is 0 Å². The van der Waals surface area contributed by atoms with E-state index in [-0.39, 0.29) is 0 Å². The number of carbonyl (C=O) groups is 1. The van der Waals surface area contributed by atoms with Crippen molar-refractivity contribution in [3.8, 4) is 0 Å². The van der Waals surface area contributed by atoms with Crippen molar-refractivity contribution < 1.29 is 9.90 Å². The summed E-state index contributed by atoms with van der Waals surface area (Å²) in [5.41, 5.74) is -0.653. The van der Waals surface area contributed by atoms with Gasteiger partial charge in [0.05, 0.1) is 0 Å². The van der Waals surface area contributed by atoms with Crippen molar-refractivity contribution in [3.05, 3.63) is 0 Å². The zero-order valence-electron chi connectivity index (χ0n) is 11.1. The first-order valence-electron chi connectivity index (χ1n) is 6.77. The standard InChI is InChI=1S/C13H26N2O2/c1-3-11-5-7-13(8-6-11,12(16)17)15-10-4-9-14-2/h11,14-15H,3-10H2,1-2H3,(H,16,17). The van der Waals surface area contributed by atoms with Crippen LogP contribution in [0.25, 0.3) is 0 Å². The highest BCUT2D eigenvalue weighted by molar-refractivity contribution is 5.78. The van der Waals surface area contributed by atoms with Crippen LogP contribution in [-0.4, -0.2) is 36.8 Å². The molecule has 0 heterocycles. The SMILES string of the molecule is CCC1CCC(NCCCNC)(C(=O)O)CC1. The van der Waals surface area contributed by atoms with Gasteiger partial charge in [0.2, 0.25) is 0 Å². The van der Waals surface area contributed by atoms with Crippen molar-refractivity contribution in [3.63, 3.8) is 0 Å². The molecule has 0 aliphatic heterocycles. The molecule has 0 aromatic heterocycles. The van der Waals surface area contributed by atoms with Crippen LogP contribution in [0.2, 0.25) is 0 Å². The molecule has 1 aliphatic carbocycles. The average Bonchev–Trinajstić information content (AvgIpc) is 2.35. The van der Waals surface area contributed by atoms with Crippen molar-refractivity contribution >= 4 is 5.97 Å². The lowest BCUT2D eigenvalue weighted by Gasteiger charge is -2.37. The Hall–Kier alpha value is -0.610. The summed E-state index contributed by atoms with van der Waals surface area (Å²) in [6, 6.07) is 0. The molecule has 3 N–H and O–H groups in total. The van der Waals surface area contributed by atoms with E-state index in [1.807, 2.05) is 7.05 Å². The number of aliphatic carboxylic acids is 1. The molecule has 1 rings (SSSR count). The Kier molecular flexibility index (Phi) is 5.92. The molecule has 0 spiro atoms. The zero-order chi connectivity index (χ0) is 12.7. The molecule has 4 heteroatoms. The van der Waals surface area contributed by atoms with Crippen LogP contribution in [0.5, 0.6) is 0 Å². The van der Waals surface area contributed by atoms with E-state index in [1.54, 1.807) is 0 Å². The van der Waals surface area contributed by atoms with E-state index in [9.17, 15) is 9.90 Å². The maximum absolute atomic E-state index is 11.5. The van der Waals surface area contributed by atoms with Crippen molar-refractivity contribution in [1.82, 2.24) is 10.6 Å². The van der Waals surface area contributed by atoms with Gasteiger partial charge in [-0.05, 0) is 58.2 Å². The summed E-state index contributed by atoms with van der Waals surface area (Å²) < 4.78 is 0. The summed E-state index contributed by atoms with van der Waals surface area (Å²) in [4.78, 5) is 11.5. The largest absolute Gasteiger partial charge is 0.480 e. The number of rotatable bonds is 7. The Balaban J connectivity index is 2.44. The molecule has 0 bridgehead atoms. The van der Waals surface area contributed by atoms with E-state index < -0.39 is 11.5 Å². The van der Waals surface area contributed by atoms with Crippen LogP contribution in [0.15, 0.2) is 0 Å². The van der Waals surface area contributed by atoms with Crippen LogP contribution < -0.4 is 10.6 Å². The second-order valence-electron chi connectivity index (χ2n) is 5.12. The second kappa shape index (κ2) is 6.97. The first-order valence-corrected chi connectivity index (χ1v) is 6.77. The molecular weight excluding hydrogens is 216 g/mol. The predicted octanol–water partition coefficient (Wildman–Crippen LogP) is 1.61. The fourth-order valence-corrected chi connectivity index (χ4v) is 2.64. The van der Waals surface area contributed by atoms with Gasteiger partial charge in [-0.3, -0.25) is 4.79 Å². The third-order valence-corrected chi connectivity index (χ3v) is 4.01. The smallest absolute Gasteiger partial charge is 0.323 e. The molecule has 0 amide bonds. The molecule has 0 unspecified atom stereocenters. The van der Waals surface area contributed by atoms with Gasteiger partial charge < -0.3 is 15.7 Å². The average molecular weight is 242 g/mol. The van der Waals surface area contributed by atoms with Gasteiger partial charge >= 0.3 is 5.97 Å². The quantitative estimate of drug-likeness (QED) is 0.594.